The van der Waals surface area contributed by atoms with Crippen LogP contribution in [0.5, 0.6) is 0 Å². The van der Waals surface area contributed by atoms with E-state index in [4.69, 9.17) is 5.84 Å². The van der Waals surface area contributed by atoms with Crippen molar-refractivity contribution in [3.8, 4) is 0 Å². The molecule has 1 heterocycles. The van der Waals surface area contributed by atoms with Crippen LogP contribution < -0.4 is 16.6 Å². The van der Waals surface area contributed by atoms with E-state index in [1.54, 1.807) is 0 Å². The lowest BCUT2D eigenvalue weighted by molar-refractivity contribution is 0.358. The van der Waals surface area contributed by atoms with Crippen molar-refractivity contribution in [3.05, 3.63) is 0 Å². The third-order valence-corrected chi connectivity index (χ3v) is 1.54. The topological polar surface area (TPSA) is 62.4 Å². The van der Waals surface area contributed by atoms with E-state index in [0.717, 1.165) is 13.1 Å². The van der Waals surface area contributed by atoms with E-state index < -0.39 is 0 Å². The second-order valence-corrected chi connectivity index (χ2v) is 3.33. The monoisotopic (exact) mass is 270 g/mol. The fourth-order valence-corrected chi connectivity index (χ4v) is 0.825. The van der Waals surface area contributed by atoms with Crippen LogP contribution in [0.15, 0.2) is 4.99 Å². The third-order valence-electron chi connectivity index (χ3n) is 1.54. The molecule has 0 aliphatic carbocycles. The van der Waals surface area contributed by atoms with E-state index in [0.29, 0.717) is 5.96 Å². The van der Waals surface area contributed by atoms with Gasteiger partial charge < -0.3 is 5.32 Å². The van der Waals surface area contributed by atoms with E-state index in [-0.39, 0.29) is 29.4 Å². The average molecular weight is 270 g/mol. The first-order valence-electron chi connectivity index (χ1n) is 3.39. The lowest BCUT2D eigenvalue weighted by Gasteiger charge is -2.28. The van der Waals surface area contributed by atoms with Gasteiger partial charge in [0.2, 0.25) is 5.96 Å². The summed E-state index contributed by atoms with van der Waals surface area (Å²) in [5.74, 6) is 5.84. The van der Waals surface area contributed by atoms with Gasteiger partial charge in [-0.1, -0.05) is 13.8 Å². The summed E-state index contributed by atoms with van der Waals surface area (Å²) in [5, 5.41) is 3.07. The Hall–Kier alpha value is -0.0400. The molecular formula is C6H15IN4. The van der Waals surface area contributed by atoms with Crippen molar-refractivity contribution in [2.75, 3.05) is 13.1 Å². The summed E-state index contributed by atoms with van der Waals surface area (Å²) in [6.45, 7) is 6.09. The predicted octanol–water partition coefficient (Wildman–Crippen LogP) is 0.0531. The lowest BCUT2D eigenvalue weighted by atomic mass is 9.93. The zero-order valence-electron chi connectivity index (χ0n) is 6.85. The SMILES string of the molecule is CC1(C)CN=C(NN)NC1.I. The number of hydrogen-bond acceptors (Lipinski definition) is 4. The second kappa shape index (κ2) is 4.10. The highest BCUT2D eigenvalue weighted by Gasteiger charge is 2.21. The van der Waals surface area contributed by atoms with Crippen molar-refractivity contribution < 1.29 is 0 Å². The second-order valence-electron chi connectivity index (χ2n) is 3.33. The summed E-state index contributed by atoms with van der Waals surface area (Å²) in [6.07, 6.45) is 0. The standard InChI is InChI=1S/C6H14N4.HI/c1-6(2)3-8-5(10-7)9-4-6;/h3-4,7H2,1-2H3,(H2,8,9,10);1H. The molecular weight excluding hydrogens is 255 g/mol. The van der Waals surface area contributed by atoms with Gasteiger partial charge in [-0.3, -0.25) is 10.4 Å². The number of nitrogens with one attached hydrogen (secondary N) is 2. The van der Waals surface area contributed by atoms with Crippen molar-refractivity contribution in [1.82, 2.24) is 10.7 Å². The van der Waals surface area contributed by atoms with Gasteiger partial charge in [0.1, 0.15) is 0 Å². The number of nitrogens with zero attached hydrogens (tertiary/aromatic N) is 1. The predicted molar refractivity (Wildman–Crippen MR) is 56.8 cm³/mol. The van der Waals surface area contributed by atoms with E-state index in [2.05, 4.69) is 29.6 Å². The highest BCUT2D eigenvalue weighted by atomic mass is 127. The molecule has 0 amide bonds. The molecule has 1 aliphatic rings. The molecule has 1 rings (SSSR count). The molecule has 5 heteroatoms. The van der Waals surface area contributed by atoms with Crippen LogP contribution in [0, 0.1) is 5.41 Å². The normalized spacial score (nSPS) is 20.8. The molecule has 4 N–H and O–H groups in total. The molecule has 11 heavy (non-hydrogen) atoms. The number of nitrogens with two attached hydrogens (primary N) is 1. The van der Waals surface area contributed by atoms with Crippen molar-refractivity contribution >= 4 is 29.9 Å². The molecule has 0 atom stereocenters. The number of guanidine groups is 1. The Bertz CT molecular complexity index is 155. The van der Waals surface area contributed by atoms with E-state index in [9.17, 15) is 0 Å². The zero-order chi connectivity index (χ0) is 7.61. The van der Waals surface area contributed by atoms with E-state index in [1.807, 2.05) is 0 Å². The summed E-state index contributed by atoms with van der Waals surface area (Å²) in [4.78, 5) is 4.17. The van der Waals surface area contributed by atoms with Gasteiger partial charge in [-0.15, -0.1) is 24.0 Å². The maximum Gasteiger partial charge on any atom is 0.205 e. The Morgan fingerprint density at radius 2 is 2.27 bits per heavy atom. The molecule has 0 aromatic rings. The number of hydrogen-bond donors (Lipinski definition) is 3. The zero-order valence-corrected chi connectivity index (χ0v) is 9.18. The third kappa shape index (κ3) is 3.24. The molecule has 0 unspecified atom stereocenters. The maximum atomic E-state index is 5.15. The molecule has 0 saturated carbocycles. The van der Waals surface area contributed by atoms with Crippen molar-refractivity contribution in [2.24, 2.45) is 16.3 Å². The smallest absolute Gasteiger partial charge is 0.205 e. The van der Waals surface area contributed by atoms with E-state index in [1.165, 1.54) is 0 Å². The van der Waals surface area contributed by atoms with Gasteiger partial charge in [-0.25, -0.2) is 5.84 Å². The van der Waals surface area contributed by atoms with Crippen molar-refractivity contribution in [3.63, 3.8) is 0 Å². The number of aliphatic imine (C=N–C) groups is 1. The van der Waals surface area contributed by atoms with E-state index >= 15 is 0 Å². The van der Waals surface area contributed by atoms with Crippen LogP contribution in [0.2, 0.25) is 0 Å². The minimum atomic E-state index is 0. The summed E-state index contributed by atoms with van der Waals surface area (Å²) >= 11 is 0. The highest BCUT2D eigenvalue weighted by Crippen LogP contribution is 2.15. The first kappa shape index (κ1) is 11.0. The van der Waals surface area contributed by atoms with Crippen LogP contribution in [0.3, 0.4) is 0 Å². The minimum Gasteiger partial charge on any atom is -0.355 e. The molecule has 0 saturated heterocycles. The Labute approximate surface area is 84.0 Å². The van der Waals surface area contributed by atoms with Crippen LogP contribution in [0.25, 0.3) is 0 Å². The van der Waals surface area contributed by atoms with Crippen molar-refractivity contribution in [1.29, 1.82) is 0 Å². The lowest BCUT2D eigenvalue weighted by Crippen LogP contribution is -2.49. The van der Waals surface area contributed by atoms with Gasteiger partial charge in [0.05, 0.1) is 0 Å². The molecule has 66 valence electrons. The first-order chi connectivity index (χ1) is 4.64. The first-order valence-corrected chi connectivity index (χ1v) is 3.39. The Morgan fingerprint density at radius 1 is 1.64 bits per heavy atom. The van der Waals surface area contributed by atoms with Gasteiger partial charge in [0.15, 0.2) is 0 Å². The fraction of sp³-hybridized carbons (Fsp3) is 0.833. The maximum absolute atomic E-state index is 5.15. The van der Waals surface area contributed by atoms with Gasteiger partial charge in [-0.05, 0) is 0 Å². The molecule has 0 fully saturated rings. The Kier molecular flexibility index (Phi) is 4.09. The van der Waals surface area contributed by atoms with Crippen LogP contribution >= 0.6 is 24.0 Å². The summed E-state index contributed by atoms with van der Waals surface area (Å²) in [7, 11) is 0. The van der Waals surface area contributed by atoms with Gasteiger partial charge in [0, 0.05) is 18.5 Å². The minimum absolute atomic E-state index is 0. The quantitative estimate of drug-likeness (QED) is 0.331. The van der Waals surface area contributed by atoms with Gasteiger partial charge in [-0.2, -0.15) is 0 Å². The van der Waals surface area contributed by atoms with Crippen LogP contribution in [-0.2, 0) is 0 Å². The Balaban J connectivity index is 0.000001000. The molecule has 0 radical (unpaired) electrons. The number of hydrazine groups is 1. The Morgan fingerprint density at radius 3 is 2.64 bits per heavy atom. The molecule has 0 bridgehead atoms. The summed E-state index contributed by atoms with van der Waals surface area (Å²) in [5.41, 5.74) is 2.74. The average Bonchev–Trinajstić information content (AvgIpc) is 1.88. The molecule has 0 aromatic heterocycles. The van der Waals surface area contributed by atoms with Crippen LogP contribution in [0.4, 0.5) is 0 Å². The molecule has 0 spiro atoms. The fourth-order valence-electron chi connectivity index (χ4n) is 0.825. The summed E-state index contributed by atoms with van der Waals surface area (Å²) in [6, 6.07) is 0. The van der Waals surface area contributed by atoms with Crippen molar-refractivity contribution in [2.45, 2.75) is 13.8 Å². The van der Waals surface area contributed by atoms with Gasteiger partial charge in [0.25, 0.3) is 0 Å². The number of halogens is 1. The largest absolute Gasteiger partial charge is 0.355 e. The number of rotatable bonds is 0. The highest BCUT2D eigenvalue weighted by molar-refractivity contribution is 14.0. The van der Waals surface area contributed by atoms with Crippen LogP contribution in [0.1, 0.15) is 13.8 Å². The molecule has 0 aromatic carbocycles. The molecule has 4 nitrogen and oxygen atoms in total. The summed E-state index contributed by atoms with van der Waals surface area (Å²) < 4.78 is 0. The van der Waals surface area contributed by atoms with Crippen LogP contribution in [-0.4, -0.2) is 19.0 Å². The molecule has 1 aliphatic heterocycles. The van der Waals surface area contributed by atoms with Gasteiger partial charge >= 0.3 is 0 Å².